The van der Waals surface area contributed by atoms with Crippen LogP contribution >= 0.6 is 0 Å². The van der Waals surface area contributed by atoms with E-state index in [9.17, 15) is 0 Å². The monoisotopic (exact) mass is 267 g/mol. The molecule has 1 aromatic rings. The molecule has 0 spiro atoms. The summed E-state index contributed by atoms with van der Waals surface area (Å²) >= 11 is 0. The zero-order valence-electron chi connectivity index (χ0n) is 12.4. The molecule has 0 amide bonds. The van der Waals surface area contributed by atoms with E-state index in [0.29, 0.717) is 24.2 Å². The summed E-state index contributed by atoms with van der Waals surface area (Å²) in [6, 6.07) is 0.115. The Morgan fingerprint density at radius 3 is 2.79 bits per heavy atom. The van der Waals surface area contributed by atoms with Crippen LogP contribution in [0.4, 0.5) is 0 Å². The largest absolute Gasteiger partial charge is 0.378 e. The summed E-state index contributed by atoms with van der Waals surface area (Å²) in [5.41, 5.74) is 0. The molecule has 0 bridgehead atoms. The first-order chi connectivity index (χ1) is 9.06. The van der Waals surface area contributed by atoms with Crippen LogP contribution in [-0.4, -0.2) is 41.3 Å². The average molecular weight is 267 g/mol. The lowest BCUT2D eigenvalue weighted by Crippen LogP contribution is -2.42. The molecule has 0 saturated carbocycles. The standard InChI is InChI=1S/C14H25N3O2/c1-10(2)7-11(3)8-17-5-6-18-9-13(17)14-15-12(4)16-19-14/h10-11,13H,5-9H2,1-4H3/t11-,13-/m0/s1. The Morgan fingerprint density at radius 1 is 1.37 bits per heavy atom. The summed E-state index contributed by atoms with van der Waals surface area (Å²) in [7, 11) is 0. The fourth-order valence-electron chi connectivity index (χ4n) is 2.81. The molecule has 1 saturated heterocycles. The molecule has 5 heteroatoms. The fraction of sp³-hybridized carbons (Fsp3) is 0.857. The summed E-state index contributed by atoms with van der Waals surface area (Å²) < 4.78 is 10.9. The third-order valence-electron chi connectivity index (χ3n) is 3.49. The van der Waals surface area contributed by atoms with Crippen molar-refractivity contribution in [1.82, 2.24) is 15.0 Å². The number of hydrogen-bond donors (Lipinski definition) is 0. The molecule has 2 atom stereocenters. The van der Waals surface area contributed by atoms with Crippen LogP contribution < -0.4 is 0 Å². The summed E-state index contributed by atoms with van der Waals surface area (Å²) in [6.45, 7) is 12.1. The van der Waals surface area contributed by atoms with Gasteiger partial charge in [-0.3, -0.25) is 4.90 Å². The predicted molar refractivity (Wildman–Crippen MR) is 72.8 cm³/mol. The SMILES string of the molecule is Cc1noc([C@@H]2COCCN2C[C@@H](C)CC(C)C)n1. The van der Waals surface area contributed by atoms with E-state index in [-0.39, 0.29) is 6.04 Å². The van der Waals surface area contributed by atoms with E-state index in [2.05, 4.69) is 35.8 Å². The number of nitrogens with zero attached hydrogens (tertiary/aromatic N) is 3. The molecule has 0 radical (unpaired) electrons. The van der Waals surface area contributed by atoms with Gasteiger partial charge in [0.2, 0.25) is 5.89 Å². The average Bonchev–Trinajstić information content (AvgIpc) is 2.75. The smallest absolute Gasteiger partial charge is 0.246 e. The second-order valence-electron chi connectivity index (χ2n) is 6.00. The molecule has 0 unspecified atom stereocenters. The van der Waals surface area contributed by atoms with E-state index in [4.69, 9.17) is 9.26 Å². The Balaban J connectivity index is 2.00. The highest BCUT2D eigenvalue weighted by Gasteiger charge is 2.30. The zero-order valence-corrected chi connectivity index (χ0v) is 12.4. The van der Waals surface area contributed by atoms with Gasteiger partial charge in [-0.15, -0.1) is 0 Å². The Kier molecular flexibility index (Phi) is 4.93. The lowest BCUT2D eigenvalue weighted by Gasteiger charge is -2.35. The van der Waals surface area contributed by atoms with E-state index < -0.39 is 0 Å². The molecule has 108 valence electrons. The highest BCUT2D eigenvalue weighted by Crippen LogP contribution is 2.25. The zero-order chi connectivity index (χ0) is 13.8. The van der Waals surface area contributed by atoms with E-state index in [1.54, 1.807) is 0 Å². The molecule has 0 N–H and O–H groups in total. The van der Waals surface area contributed by atoms with Gasteiger partial charge in [-0.1, -0.05) is 25.9 Å². The minimum absolute atomic E-state index is 0.115. The van der Waals surface area contributed by atoms with Crippen molar-refractivity contribution in [2.24, 2.45) is 11.8 Å². The second kappa shape index (κ2) is 6.48. The first-order valence-electron chi connectivity index (χ1n) is 7.18. The molecule has 1 aliphatic rings. The van der Waals surface area contributed by atoms with Crippen LogP contribution in [0.15, 0.2) is 4.52 Å². The number of aryl methyl sites for hydroxylation is 1. The number of ether oxygens (including phenoxy) is 1. The first kappa shape index (κ1) is 14.5. The number of rotatable bonds is 5. The van der Waals surface area contributed by atoms with Crippen molar-refractivity contribution in [1.29, 1.82) is 0 Å². The minimum Gasteiger partial charge on any atom is -0.378 e. The molecule has 2 rings (SSSR count). The van der Waals surface area contributed by atoms with Gasteiger partial charge in [0.15, 0.2) is 5.82 Å². The van der Waals surface area contributed by atoms with Gasteiger partial charge in [0.1, 0.15) is 6.04 Å². The normalized spacial score (nSPS) is 22.9. The molecule has 0 aliphatic carbocycles. The molecule has 5 nitrogen and oxygen atoms in total. The van der Waals surface area contributed by atoms with Crippen molar-refractivity contribution in [3.63, 3.8) is 0 Å². The summed E-state index contributed by atoms with van der Waals surface area (Å²) in [5, 5.41) is 3.89. The minimum atomic E-state index is 0.115. The topological polar surface area (TPSA) is 51.4 Å². The van der Waals surface area contributed by atoms with E-state index in [1.165, 1.54) is 6.42 Å². The highest BCUT2D eigenvalue weighted by atomic mass is 16.5. The molecular formula is C14H25N3O2. The molecule has 2 heterocycles. The molecule has 1 fully saturated rings. The van der Waals surface area contributed by atoms with Gasteiger partial charge in [0, 0.05) is 13.1 Å². The van der Waals surface area contributed by atoms with Gasteiger partial charge in [-0.25, -0.2) is 0 Å². The maximum atomic E-state index is 5.57. The fourth-order valence-corrected chi connectivity index (χ4v) is 2.81. The molecule has 19 heavy (non-hydrogen) atoms. The van der Waals surface area contributed by atoms with Gasteiger partial charge in [-0.2, -0.15) is 4.98 Å². The van der Waals surface area contributed by atoms with Crippen LogP contribution in [0.25, 0.3) is 0 Å². The quantitative estimate of drug-likeness (QED) is 0.820. The van der Waals surface area contributed by atoms with E-state index in [1.807, 2.05) is 6.92 Å². The Bertz CT molecular complexity index is 392. The third-order valence-corrected chi connectivity index (χ3v) is 3.49. The highest BCUT2D eigenvalue weighted by molar-refractivity contribution is 4.94. The van der Waals surface area contributed by atoms with Crippen LogP contribution in [0.5, 0.6) is 0 Å². The van der Waals surface area contributed by atoms with Crippen molar-refractivity contribution >= 4 is 0 Å². The van der Waals surface area contributed by atoms with Crippen molar-refractivity contribution in [3.05, 3.63) is 11.7 Å². The van der Waals surface area contributed by atoms with Crippen molar-refractivity contribution < 1.29 is 9.26 Å². The lowest BCUT2D eigenvalue weighted by atomic mass is 9.97. The van der Waals surface area contributed by atoms with Crippen molar-refractivity contribution in [2.75, 3.05) is 26.3 Å². The van der Waals surface area contributed by atoms with Gasteiger partial charge in [0.05, 0.1) is 13.2 Å². The van der Waals surface area contributed by atoms with E-state index >= 15 is 0 Å². The molecule has 1 aliphatic heterocycles. The van der Waals surface area contributed by atoms with Gasteiger partial charge < -0.3 is 9.26 Å². The summed E-state index contributed by atoms with van der Waals surface area (Å²) in [4.78, 5) is 6.77. The van der Waals surface area contributed by atoms with Crippen molar-refractivity contribution in [2.45, 2.75) is 40.2 Å². The van der Waals surface area contributed by atoms with Crippen LogP contribution in [0.2, 0.25) is 0 Å². The first-order valence-corrected chi connectivity index (χ1v) is 7.18. The predicted octanol–water partition coefficient (Wildman–Crippen LogP) is 2.43. The van der Waals surface area contributed by atoms with Crippen molar-refractivity contribution in [3.8, 4) is 0 Å². The number of aromatic nitrogens is 2. The lowest BCUT2D eigenvalue weighted by molar-refractivity contribution is -0.0265. The van der Waals surface area contributed by atoms with Gasteiger partial charge in [-0.05, 0) is 25.2 Å². The van der Waals surface area contributed by atoms with E-state index in [0.717, 1.165) is 25.6 Å². The molecule has 1 aromatic heterocycles. The Hall–Kier alpha value is -0.940. The Morgan fingerprint density at radius 2 is 2.16 bits per heavy atom. The van der Waals surface area contributed by atoms with Gasteiger partial charge >= 0.3 is 0 Å². The number of morpholine rings is 1. The molecular weight excluding hydrogens is 242 g/mol. The van der Waals surface area contributed by atoms with Gasteiger partial charge in [0.25, 0.3) is 0 Å². The summed E-state index contributed by atoms with van der Waals surface area (Å²) in [6.07, 6.45) is 1.24. The second-order valence-corrected chi connectivity index (χ2v) is 6.00. The van der Waals surface area contributed by atoms with Crippen LogP contribution in [-0.2, 0) is 4.74 Å². The summed E-state index contributed by atoms with van der Waals surface area (Å²) in [5.74, 6) is 2.79. The Labute approximate surface area is 115 Å². The van der Waals surface area contributed by atoms with Crippen LogP contribution in [0.3, 0.4) is 0 Å². The van der Waals surface area contributed by atoms with Crippen LogP contribution in [0.1, 0.15) is 44.9 Å². The molecule has 0 aromatic carbocycles. The number of hydrogen-bond acceptors (Lipinski definition) is 5. The third kappa shape index (κ3) is 4.01. The maximum absolute atomic E-state index is 5.57. The maximum Gasteiger partial charge on any atom is 0.246 e. The van der Waals surface area contributed by atoms with Crippen LogP contribution in [0, 0.1) is 18.8 Å².